The number of ether oxygens (including phenoxy) is 1. The van der Waals surface area contributed by atoms with Gasteiger partial charge >= 0.3 is 5.97 Å². The molecule has 0 radical (unpaired) electrons. The van der Waals surface area contributed by atoms with Crippen LogP contribution in [0.25, 0.3) is 0 Å². The maximum Gasteiger partial charge on any atom is 0.306 e. The molecule has 3 nitrogen and oxygen atoms in total. The summed E-state index contributed by atoms with van der Waals surface area (Å²) < 4.78 is 5.05. The van der Waals surface area contributed by atoms with Crippen LogP contribution in [0.2, 0.25) is 0 Å². The predicted molar refractivity (Wildman–Crippen MR) is 63.1 cm³/mol. The van der Waals surface area contributed by atoms with Gasteiger partial charge in [0.25, 0.3) is 0 Å². The standard InChI is InChI=1S/C13H23NO2/c1-3-14-9-11-7-12(14)6-5-10(11)8-13(15)16-4-2/h10-12H,3-9H2,1-2H3. The van der Waals surface area contributed by atoms with Crippen LogP contribution in [0, 0.1) is 11.8 Å². The SMILES string of the molecule is CCOC(=O)CC1CCC2CC1CN2CC. The van der Waals surface area contributed by atoms with Gasteiger partial charge in [-0.2, -0.15) is 0 Å². The van der Waals surface area contributed by atoms with Crippen molar-refractivity contribution in [3.8, 4) is 0 Å². The second kappa shape index (κ2) is 5.17. The van der Waals surface area contributed by atoms with Crippen LogP contribution >= 0.6 is 0 Å². The monoisotopic (exact) mass is 225 g/mol. The van der Waals surface area contributed by atoms with Gasteiger partial charge in [0.15, 0.2) is 0 Å². The van der Waals surface area contributed by atoms with E-state index in [-0.39, 0.29) is 5.97 Å². The summed E-state index contributed by atoms with van der Waals surface area (Å²) in [5, 5.41) is 0. The lowest BCUT2D eigenvalue weighted by molar-refractivity contribution is -0.144. The molecule has 1 aliphatic carbocycles. The highest BCUT2D eigenvalue weighted by atomic mass is 16.5. The Balaban J connectivity index is 1.87. The summed E-state index contributed by atoms with van der Waals surface area (Å²) in [5.41, 5.74) is 0. The van der Waals surface area contributed by atoms with Gasteiger partial charge in [-0.05, 0) is 44.6 Å². The molecule has 2 bridgehead atoms. The molecule has 3 heteroatoms. The minimum absolute atomic E-state index is 0.000832. The minimum Gasteiger partial charge on any atom is -0.466 e. The van der Waals surface area contributed by atoms with Gasteiger partial charge in [-0.15, -0.1) is 0 Å². The Bertz CT molecular complexity index is 254. The molecule has 2 rings (SSSR count). The summed E-state index contributed by atoms with van der Waals surface area (Å²) in [6, 6.07) is 0.799. The number of nitrogens with zero attached hydrogens (tertiary/aromatic N) is 1. The molecule has 16 heavy (non-hydrogen) atoms. The summed E-state index contributed by atoms with van der Waals surface area (Å²) in [6.07, 6.45) is 4.43. The van der Waals surface area contributed by atoms with E-state index in [1.807, 2.05) is 6.92 Å². The molecule has 1 saturated heterocycles. The molecule has 0 aromatic heterocycles. The molecule has 92 valence electrons. The van der Waals surface area contributed by atoms with Crippen molar-refractivity contribution in [2.75, 3.05) is 19.7 Å². The van der Waals surface area contributed by atoms with Crippen LogP contribution < -0.4 is 0 Å². The van der Waals surface area contributed by atoms with Gasteiger partial charge < -0.3 is 9.64 Å². The van der Waals surface area contributed by atoms with Crippen LogP contribution in [0.5, 0.6) is 0 Å². The van der Waals surface area contributed by atoms with E-state index in [2.05, 4.69) is 11.8 Å². The zero-order chi connectivity index (χ0) is 11.5. The lowest BCUT2D eigenvalue weighted by Crippen LogP contribution is -2.28. The smallest absolute Gasteiger partial charge is 0.306 e. The molecular weight excluding hydrogens is 202 g/mol. The molecule has 0 amide bonds. The van der Waals surface area contributed by atoms with Gasteiger partial charge in [0, 0.05) is 19.0 Å². The molecular formula is C13H23NO2. The zero-order valence-corrected chi connectivity index (χ0v) is 10.4. The Morgan fingerprint density at radius 3 is 2.88 bits per heavy atom. The fourth-order valence-electron chi connectivity index (χ4n) is 3.40. The van der Waals surface area contributed by atoms with Crippen LogP contribution in [-0.2, 0) is 9.53 Å². The summed E-state index contributed by atoms with van der Waals surface area (Å²) >= 11 is 0. The van der Waals surface area contributed by atoms with Crippen molar-refractivity contribution in [2.24, 2.45) is 11.8 Å². The van der Waals surface area contributed by atoms with Gasteiger partial charge in [-0.1, -0.05) is 6.92 Å². The molecule has 0 spiro atoms. The van der Waals surface area contributed by atoms with Crippen molar-refractivity contribution >= 4 is 5.97 Å². The maximum absolute atomic E-state index is 11.5. The highest BCUT2D eigenvalue weighted by molar-refractivity contribution is 5.69. The molecule has 1 aliphatic heterocycles. The van der Waals surface area contributed by atoms with Gasteiger partial charge in [-0.25, -0.2) is 0 Å². The molecule has 2 aliphatic rings. The Morgan fingerprint density at radius 1 is 1.38 bits per heavy atom. The number of carbonyl (C=O) groups excluding carboxylic acids is 1. The topological polar surface area (TPSA) is 29.5 Å². The first kappa shape index (κ1) is 11.9. The number of fused-ring (bicyclic) bond motifs is 2. The van der Waals surface area contributed by atoms with E-state index in [1.165, 1.54) is 25.8 Å². The number of likely N-dealkylation sites (tertiary alicyclic amines) is 1. The number of esters is 1. The maximum atomic E-state index is 11.5. The van der Waals surface area contributed by atoms with E-state index < -0.39 is 0 Å². The van der Waals surface area contributed by atoms with Crippen LogP contribution in [0.4, 0.5) is 0 Å². The summed E-state index contributed by atoms with van der Waals surface area (Å²) in [6.45, 7) is 6.99. The van der Waals surface area contributed by atoms with E-state index >= 15 is 0 Å². The fraction of sp³-hybridized carbons (Fsp3) is 0.923. The number of carbonyl (C=O) groups is 1. The quantitative estimate of drug-likeness (QED) is 0.686. The Kier molecular flexibility index (Phi) is 3.85. The largest absolute Gasteiger partial charge is 0.466 e. The zero-order valence-electron chi connectivity index (χ0n) is 10.4. The summed E-state index contributed by atoms with van der Waals surface area (Å²) in [5.74, 6) is 1.32. The third-order valence-electron chi connectivity index (χ3n) is 4.24. The second-order valence-corrected chi connectivity index (χ2v) is 5.08. The van der Waals surface area contributed by atoms with E-state index in [9.17, 15) is 4.79 Å². The van der Waals surface area contributed by atoms with Gasteiger partial charge in [0.1, 0.15) is 0 Å². The Labute approximate surface area is 98.1 Å². The lowest BCUT2D eigenvalue weighted by atomic mass is 9.78. The predicted octanol–water partition coefficient (Wildman–Crippen LogP) is 2.06. The highest BCUT2D eigenvalue weighted by Gasteiger charge is 2.40. The third kappa shape index (κ3) is 2.40. The highest BCUT2D eigenvalue weighted by Crippen LogP contribution is 2.40. The lowest BCUT2D eigenvalue weighted by Gasteiger charge is -2.27. The van der Waals surface area contributed by atoms with Crippen LogP contribution in [0.1, 0.15) is 39.5 Å². The van der Waals surface area contributed by atoms with Crippen molar-refractivity contribution < 1.29 is 9.53 Å². The first-order valence-corrected chi connectivity index (χ1v) is 6.64. The van der Waals surface area contributed by atoms with E-state index in [4.69, 9.17) is 4.74 Å². The van der Waals surface area contributed by atoms with Gasteiger partial charge in [-0.3, -0.25) is 4.79 Å². The van der Waals surface area contributed by atoms with E-state index in [1.54, 1.807) is 0 Å². The summed E-state index contributed by atoms with van der Waals surface area (Å²) in [7, 11) is 0. The van der Waals surface area contributed by atoms with Gasteiger partial charge in [0.2, 0.25) is 0 Å². The molecule has 1 saturated carbocycles. The molecule has 0 aromatic rings. The average molecular weight is 225 g/mol. The first-order chi connectivity index (χ1) is 7.74. The minimum atomic E-state index is 0.000832. The Hall–Kier alpha value is -0.570. The fourth-order valence-corrected chi connectivity index (χ4v) is 3.40. The summed E-state index contributed by atoms with van der Waals surface area (Å²) in [4.78, 5) is 14.1. The molecule has 3 atom stereocenters. The Morgan fingerprint density at radius 2 is 2.19 bits per heavy atom. The molecule has 1 heterocycles. The number of rotatable bonds is 4. The third-order valence-corrected chi connectivity index (χ3v) is 4.24. The average Bonchev–Trinajstić information content (AvgIpc) is 2.61. The first-order valence-electron chi connectivity index (χ1n) is 6.64. The number of hydrogen-bond acceptors (Lipinski definition) is 3. The van der Waals surface area contributed by atoms with Crippen molar-refractivity contribution in [3.63, 3.8) is 0 Å². The van der Waals surface area contributed by atoms with Crippen molar-refractivity contribution in [1.82, 2.24) is 4.90 Å². The molecule has 0 aromatic carbocycles. The van der Waals surface area contributed by atoms with Crippen LogP contribution in [0.15, 0.2) is 0 Å². The molecule has 0 N–H and O–H groups in total. The van der Waals surface area contributed by atoms with E-state index in [0.717, 1.165) is 18.5 Å². The molecule has 3 unspecified atom stereocenters. The van der Waals surface area contributed by atoms with Crippen molar-refractivity contribution in [2.45, 2.75) is 45.6 Å². The van der Waals surface area contributed by atoms with Crippen LogP contribution in [-0.4, -0.2) is 36.6 Å². The second-order valence-electron chi connectivity index (χ2n) is 5.08. The van der Waals surface area contributed by atoms with Crippen LogP contribution in [0.3, 0.4) is 0 Å². The van der Waals surface area contributed by atoms with Crippen molar-refractivity contribution in [1.29, 1.82) is 0 Å². The van der Waals surface area contributed by atoms with E-state index in [0.29, 0.717) is 18.9 Å². The van der Waals surface area contributed by atoms with Crippen molar-refractivity contribution in [3.05, 3.63) is 0 Å². The van der Waals surface area contributed by atoms with Gasteiger partial charge in [0.05, 0.1) is 6.61 Å². The number of hydrogen-bond donors (Lipinski definition) is 0. The molecule has 2 fully saturated rings. The normalized spacial score (nSPS) is 34.0.